The highest BCUT2D eigenvalue weighted by Crippen LogP contribution is 2.38. The van der Waals surface area contributed by atoms with Gasteiger partial charge >= 0.3 is 0 Å². The molecule has 0 bridgehead atoms. The Kier molecular flexibility index (Phi) is 8.07. The second-order valence-electron chi connectivity index (χ2n) is 8.76. The number of benzene rings is 1. The summed E-state index contributed by atoms with van der Waals surface area (Å²) in [4.78, 5) is 12.1. The number of aliphatic hydroxyl groups excluding tert-OH is 3. The minimum Gasteiger partial charge on any atom is -0.393 e. The number of aliphatic hydroxyl groups is 3. The zero-order valence-corrected chi connectivity index (χ0v) is 18.3. The normalized spacial score (nSPS) is 32.8. The molecular formula is C23H34N2O6. The Hall–Kier alpha value is -1.97. The fraction of sp³-hybridized carbons (Fsp3) is 0.609. The lowest BCUT2D eigenvalue weighted by molar-refractivity contribution is -0.165. The molecule has 2 aliphatic heterocycles. The van der Waals surface area contributed by atoms with Crippen molar-refractivity contribution >= 4 is 11.6 Å². The lowest BCUT2D eigenvalue weighted by Gasteiger charge is -2.38. The highest BCUT2D eigenvalue weighted by Gasteiger charge is 2.48. The van der Waals surface area contributed by atoms with Gasteiger partial charge in [0, 0.05) is 17.9 Å². The fourth-order valence-electron chi connectivity index (χ4n) is 4.00. The number of amides is 1. The van der Waals surface area contributed by atoms with Gasteiger partial charge in [-0.15, -0.1) is 0 Å². The van der Waals surface area contributed by atoms with Crippen LogP contribution in [0.4, 0.5) is 5.69 Å². The first-order valence-corrected chi connectivity index (χ1v) is 10.9. The first-order chi connectivity index (χ1) is 14.8. The van der Waals surface area contributed by atoms with Crippen LogP contribution < -0.4 is 10.9 Å². The molecule has 8 nitrogen and oxygen atoms in total. The molecule has 2 saturated heterocycles. The van der Waals surface area contributed by atoms with Gasteiger partial charge in [-0.1, -0.05) is 30.7 Å². The zero-order chi connectivity index (χ0) is 22.5. The van der Waals surface area contributed by atoms with Crippen LogP contribution >= 0.6 is 0 Å². The van der Waals surface area contributed by atoms with E-state index in [-0.39, 0.29) is 30.0 Å². The lowest BCUT2D eigenvalue weighted by atomic mass is 9.85. The Morgan fingerprint density at radius 3 is 2.58 bits per heavy atom. The monoisotopic (exact) mass is 434 g/mol. The second-order valence-corrected chi connectivity index (χ2v) is 8.76. The third-order valence-electron chi connectivity index (χ3n) is 6.18. The molecule has 0 aliphatic carbocycles. The van der Waals surface area contributed by atoms with Crippen molar-refractivity contribution in [2.75, 3.05) is 12.0 Å². The fourth-order valence-corrected chi connectivity index (χ4v) is 4.00. The third-order valence-corrected chi connectivity index (χ3v) is 6.18. The van der Waals surface area contributed by atoms with Crippen LogP contribution in [0.5, 0.6) is 0 Å². The number of carbonyl (C=O) groups is 1. The molecular weight excluding hydrogens is 400 g/mol. The molecule has 1 aromatic carbocycles. The van der Waals surface area contributed by atoms with Gasteiger partial charge in [0.05, 0.1) is 42.8 Å². The van der Waals surface area contributed by atoms with E-state index >= 15 is 0 Å². The number of carbonyl (C=O) groups excluding carboxylic acids is 1. The molecule has 0 aromatic heterocycles. The molecule has 0 saturated carbocycles. The summed E-state index contributed by atoms with van der Waals surface area (Å²) in [6.45, 7) is 5.78. The summed E-state index contributed by atoms with van der Waals surface area (Å²) in [7, 11) is 0. The Morgan fingerprint density at radius 2 is 1.90 bits per heavy atom. The summed E-state index contributed by atoms with van der Waals surface area (Å²) in [6, 6.07) is 9.28. The van der Waals surface area contributed by atoms with Gasteiger partial charge in [-0.05, 0) is 38.8 Å². The largest absolute Gasteiger partial charge is 0.393 e. The van der Waals surface area contributed by atoms with Gasteiger partial charge in [-0.2, -0.15) is 0 Å². The summed E-state index contributed by atoms with van der Waals surface area (Å²) in [6.07, 6.45) is -0.678. The molecule has 172 valence electrons. The van der Waals surface area contributed by atoms with E-state index in [0.29, 0.717) is 19.4 Å². The molecule has 2 aliphatic rings. The number of epoxide rings is 1. The summed E-state index contributed by atoms with van der Waals surface area (Å²) >= 11 is 0. The van der Waals surface area contributed by atoms with Crippen molar-refractivity contribution in [3.8, 4) is 0 Å². The number of hydrogen-bond donors (Lipinski definition) is 5. The first kappa shape index (κ1) is 23.7. The number of para-hydroxylation sites is 1. The predicted octanol–water partition coefficient (Wildman–Crippen LogP) is 1.38. The molecule has 2 heterocycles. The van der Waals surface area contributed by atoms with E-state index in [1.807, 2.05) is 37.3 Å². The van der Waals surface area contributed by atoms with E-state index in [1.54, 1.807) is 13.8 Å². The number of hydrogen-bond acceptors (Lipinski definition) is 7. The van der Waals surface area contributed by atoms with Crippen molar-refractivity contribution in [2.24, 2.45) is 11.8 Å². The van der Waals surface area contributed by atoms with Crippen molar-refractivity contribution in [1.29, 1.82) is 0 Å². The molecule has 3 rings (SSSR count). The SMILES string of the molecule is C/C(=C\C(=O)NNc1ccccc1)C[C@@H]1OC[C@H](C[C@@H]2O[C@H]2[C@@H](C)[C@H](C)O)[C@@H](O)[C@H]1O. The van der Waals surface area contributed by atoms with E-state index < -0.39 is 24.4 Å². The van der Waals surface area contributed by atoms with Gasteiger partial charge in [0.1, 0.15) is 6.10 Å². The second kappa shape index (κ2) is 10.6. The first-order valence-electron chi connectivity index (χ1n) is 10.9. The quantitative estimate of drug-likeness (QED) is 0.226. The number of rotatable bonds is 9. The Balaban J connectivity index is 1.44. The highest BCUT2D eigenvalue weighted by molar-refractivity contribution is 5.89. The van der Waals surface area contributed by atoms with Crippen molar-refractivity contribution in [3.63, 3.8) is 0 Å². The molecule has 1 aromatic rings. The Morgan fingerprint density at radius 1 is 1.19 bits per heavy atom. The minimum atomic E-state index is -1.04. The number of ether oxygens (including phenoxy) is 2. The maximum Gasteiger partial charge on any atom is 0.262 e. The van der Waals surface area contributed by atoms with E-state index in [9.17, 15) is 20.1 Å². The lowest BCUT2D eigenvalue weighted by Crippen LogP contribution is -2.50. The number of hydrazine groups is 1. The van der Waals surface area contributed by atoms with E-state index in [4.69, 9.17) is 9.47 Å². The zero-order valence-electron chi connectivity index (χ0n) is 18.3. The molecule has 31 heavy (non-hydrogen) atoms. The minimum absolute atomic E-state index is 0.0183. The molecule has 2 fully saturated rings. The summed E-state index contributed by atoms with van der Waals surface area (Å²) in [5.41, 5.74) is 6.92. The van der Waals surface area contributed by atoms with Crippen molar-refractivity contribution in [1.82, 2.24) is 5.43 Å². The molecule has 5 N–H and O–H groups in total. The smallest absolute Gasteiger partial charge is 0.262 e. The molecule has 0 unspecified atom stereocenters. The van der Waals surface area contributed by atoms with E-state index in [1.165, 1.54) is 6.08 Å². The van der Waals surface area contributed by atoms with Crippen LogP contribution in [-0.2, 0) is 14.3 Å². The van der Waals surface area contributed by atoms with Gasteiger partial charge < -0.3 is 24.8 Å². The molecule has 0 radical (unpaired) electrons. The van der Waals surface area contributed by atoms with Crippen LogP contribution in [0.15, 0.2) is 42.0 Å². The number of anilines is 1. The summed E-state index contributed by atoms with van der Waals surface area (Å²) < 4.78 is 11.5. The van der Waals surface area contributed by atoms with Crippen LogP contribution in [0, 0.1) is 11.8 Å². The van der Waals surface area contributed by atoms with Gasteiger partial charge in [-0.25, -0.2) is 0 Å². The van der Waals surface area contributed by atoms with Gasteiger partial charge in [0.15, 0.2) is 0 Å². The van der Waals surface area contributed by atoms with Crippen LogP contribution in [0.3, 0.4) is 0 Å². The van der Waals surface area contributed by atoms with Crippen molar-refractivity contribution in [2.45, 2.75) is 70.2 Å². The van der Waals surface area contributed by atoms with E-state index in [0.717, 1.165) is 11.3 Å². The molecule has 1 amide bonds. The van der Waals surface area contributed by atoms with Gasteiger partial charge in [0.25, 0.3) is 5.91 Å². The van der Waals surface area contributed by atoms with Crippen LogP contribution in [0.25, 0.3) is 0 Å². The summed E-state index contributed by atoms with van der Waals surface area (Å²) in [5.74, 6) is -0.515. The van der Waals surface area contributed by atoms with Crippen LogP contribution in [0.1, 0.15) is 33.6 Å². The molecule has 8 heteroatoms. The average Bonchev–Trinajstić information content (AvgIpc) is 3.51. The van der Waals surface area contributed by atoms with Crippen LogP contribution in [0.2, 0.25) is 0 Å². The van der Waals surface area contributed by atoms with Crippen molar-refractivity contribution < 1.29 is 29.6 Å². The highest BCUT2D eigenvalue weighted by atomic mass is 16.6. The standard InChI is InChI=1S/C23H34N2O6/c1-13(10-20(27)25-24-17-7-5-4-6-8-17)9-18-22(29)21(28)16(12-30-18)11-19-23(31-19)14(2)15(3)26/h4-8,10,14-16,18-19,21-24,26,28-29H,9,11-12H2,1-3H3,(H,25,27)/b13-10+/t14-,15-,16-,18-,19-,21+,22-,23-/m0/s1. The number of nitrogens with one attached hydrogen (secondary N) is 2. The van der Waals surface area contributed by atoms with Gasteiger partial charge in [0.2, 0.25) is 0 Å². The topological polar surface area (TPSA) is 124 Å². The van der Waals surface area contributed by atoms with E-state index in [2.05, 4.69) is 10.9 Å². The Labute approximate surface area is 183 Å². The molecule has 8 atom stereocenters. The van der Waals surface area contributed by atoms with Crippen LogP contribution in [-0.4, -0.2) is 64.5 Å². The summed E-state index contributed by atoms with van der Waals surface area (Å²) in [5, 5.41) is 30.8. The maximum absolute atomic E-state index is 12.1. The van der Waals surface area contributed by atoms with Crippen molar-refractivity contribution in [3.05, 3.63) is 42.0 Å². The maximum atomic E-state index is 12.1. The molecule has 0 spiro atoms. The Bertz CT molecular complexity index is 756. The third kappa shape index (κ3) is 6.51. The van der Waals surface area contributed by atoms with Gasteiger partial charge in [-0.3, -0.25) is 15.6 Å². The predicted molar refractivity (Wildman–Crippen MR) is 116 cm³/mol. The average molecular weight is 435 g/mol.